The number of hydrogen-bond acceptors (Lipinski definition) is 4. The maximum atomic E-state index is 11.4. The highest BCUT2D eigenvalue weighted by atomic mass is 32.1. The maximum absolute atomic E-state index is 11.4. The molecule has 0 fully saturated rings. The molecule has 0 bridgehead atoms. The maximum Gasteiger partial charge on any atom is 0.171 e. The summed E-state index contributed by atoms with van der Waals surface area (Å²) in [6.45, 7) is 6.16. The van der Waals surface area contributed by atoms with Gasteiger partial charge in [0, 0.05) is 13.3 Å². The lowest BCUT2D eigenvalue weighted by atomic mass is 10.2. The molecule has 1 heterocycles. The Labute approximate surface area is 123 Å². The molecule has 2 aromatic rings. The van der Waals surface area contributed by atoms with Gasteiger partial charge in [0.25, 0.3) is 0 Å². The van der Waals surface area contributed by atoms with Gasteiger partial charge < -0.3 is 4.74 Å². The summed E-state index contributed by atoms with van der Waals surface area (Å²) in [5.41, 5.74) is 2.09. The van der Waals surface area contributed by atoms with Crippen molar-refractivity contribution in [3.63, 3.8) is 0 Å². The van der Waals surface area contributed by atoms with E-state index in [1.165, 1.54) is 16.9 Å². The number of nitrogens with zero attached hydrogens (tertiary/aromatic N) is 1. The fourth-order valence-corrected chi connectivity index (χ4v) is 2.94. The number of rotatable bonds is 6. The molecule has 2 rings (SSSR count). The molecule has 0 saturated heterocycles. The molecule has 0 spiro atoms. The van der Waals surface area contributed by atoms with Crippen molar-refractivity contribution in [3.8, 4) is 5.75 Å². The van der Waals surface area contributed by atoms with Gasteiger partial charge in [-0.2, -0.15) is 0 Å². The highest BCUT2D eigenvalue weighted by Crippen LogP contribution is 2.20. The molecule has 0 atom stereocenters. The highest BCUT2D eigenvalue weighted by Gasteiger charge is 2.11. The Morgan fingerprint density at radius 2 is 2.20 bits per heavy atom. The number of ether oxygens (including phenoxy) is 1. The molecule has 1 aromatic carbocycles. The standard InChI is InChI=1S/C16H19NO2S/c1-4-13-6-5-7-14(10-13)19-9-8-15-17-11(2)16(20-15)12(3)18/h5-7,10H,4,8-9H2,1-3H3. The lowest BCUT2D eigenvalue weighted by Crippen LogP contribution is -2.01. The number of hydrogen-bond donors (Lipinski definition) is 0. The van der Waals surface area contributed by atoms with Crippen LogP contribution in [0.1, 0.15) is 39.8 Å². The summed E-state index contributed by atoms with van der Waals surface area (Å²) in [5.74, 6) is 0.979. The summed E-state index contributed by atoms with van der Waals surface area (Å²) in [6, 6.07) is 8.13. The third kappa shape index (κ3) is 3.67. The Hall–Kier alpha value is -1.68. The van der Waals surface area contributed by atoms with Crippen LogP contribution in [0.5, 0.6) is 5.75 Å². The second kappa shape index (κ2) is 6.66. The van der Waals surface area contributed by atoms with E-state index in [1.54, 1.807) is 6.92 Å². The molecule has 0 aliphatic heterocycles. The summed E-state index contributed by atoms with van der Waals surface area (Å²) >= 11 is 1.47. The topological polar surface area (TPSA) is 39.2 Å². The van der Waals surface area contributed by atoms with Crippen molar-refractivity contribution in [2.24, 2.45) is 0 Å². The Balaban J connectivity index is 1.92. The SMILES string of the molecule is CCc1cccc(OCCc2nc(C)c(C(C)=O)s2)c1. The Kier molecular flexibility index (Phi) is 4.90. The van der Waals surface area contributed by atoms with Gasteiger partial charge in [0.2, 0.25) is 0 Å². The molecule has 0 radical (unpaired) electrons. The molecule has 0 amide bonds. The molecule has 0 N–H and O–H groups in total. The van der Waals surface area contributed by atoms with Crippen LogP contribution in [-0.4, -0.2) is 17.4 Å². The first-order valence-electron chi connectivity index (χ1n) is 6.79. The second-order valence-electron chi connectivity index (χ2n) is 4.68. The van der Waals surface area contributed by atoms with Crippen molar-refractivity contribution in [2.45, 2.75) is 33.6 Å². The molecule has 1 aromatic heterocycles. The third-order valence-corrected chi connectivity index (χ3v) is 4.37. The minimum atomic E-state index is 0.0859. The van der Waals surface area contributed by atoms with Crippen molar-refractivity contribution in [3.05, 3.63) is 45.4 Å². The lowest BCUT2D eigenvalue weighted by Gasteiger charge is -2.06. The largest absolute Gasteiger partial charge is 0.493 e. The lowest BCUT2D eigenvalue weighted by molar-refractivity contribution is 0.102. The summed E-state index contributed by atoms with van der Waals surface area (Å²) in [7, 11) is 0. The molecule has 0 aliphatic rings. The van der Waals surface area contributed by atoms with Crippen LogP contribution >= 0.6 is 11.3 Å². The van der Waals surface area contributed by atoms with Crippen LogP contribution in [0.25, 0.3) is 0 Å². The first-order chi connectivity index (χ1) is 9.60. The summed E-state index contributed by atoms with van der Waals surface area (Å²) < 4.78 is 5.74. The van der Waals surface area contributed by atoms with Crippen molar-refractivity contribution in [1.29, 1.82) is 0 Å². The first kappa shape index (κ1) is 14.7. The first-order valence-corrected chi connectivity index (χ1v) is 7.60. The van der Waals surface area contributed by atoms with E-state index in [4.69, 9.17) is 4.74 Å². The number of carbonyl (C=O) groups is 1. The quantitative estimate of drug-likeness (QED) is 0.758. The van der Waals surface area contributed by atoms with E-state index in [1.807, 2.05) is 19.1 Å². The molecule has 3 nitrogen and oxygen atoms in total. The molecule has 0 aliphatic carbocycles. The fourth-order valence-electron chi connectivity index (χ4n) is 2.00. The van der Waals surface area contributed by atoms with E-state index >= 15 is 0 Å². The predicted octanol–water partition coefficient (Wildman–Crippen LogP) is 3.84. The fraction of sp³-hybridized carbons (Fsp3) is 0.375. The molecule has 0 unspecified atom stereocenters. The Morgan fingerprint density at radius 3 is 2.85 bits per heavy atom. The van der Waals surface area contributed by atoms with Crippen molar-refractivity contribution in [1.82, 2.24) is 4.98 Å². The highest BCUT2D eigenvalue weighted by molar-refractivity contribution is 7.13. The third-order valence-electron chi connectivity index (χ3n) is 3.05. The zero-order chi connectivity index (χ0) is 14.5. The van der Waals surface area contributed by atoms with Crippen molar-refractivity contribution in [2.75, 3.05) is 6.61 Å². The molecule has 20 heavy (non-hydrogen) atoms. The molecular weight excluding hydrogens is 270 g/mol. The van der Waals surface area contributed by atoms with Crippen LogP contribution in [0.15, 0.2) is 24.3 Å². The van der Waals surface area contributed by atoms with Crippen LogP contribution in [0.3, 0.4) is 0 Å². The number of carbonyl (C=O) groups excluding carboxylic acids is 1. The van der Waals surface area contributed by atoms with Crippen LogP contribution in [0, 0.1) is 6.92 Å². The Morgan fingerprint density at radius 1 is 1.40 bits per heavy atom. The van der Waals surface area contributed by atoms with Gasteiger partial charge in [-0.05, 0) is 31.0 Å². The molecular formula is C16H19NO2S. The van der Waals surface area contributed by atoms with Crippen LogP contribution in [-0.2, 0) is 12.8 Å². The average molecular weight is 289 g/mol. The van der Waals surface area contributed by atoms with Crippen molar-refractivity contribution < 1.29 is 9.53 Å². The number of aromatic nitrogens is 1. The Bertz CT molecular complexity index is 604. The minimum Gasteiger partial charge on any atom is -0.493 e. The average Bonchev–Trinajstić information content (AvgIpc) is 2.80. The van der Waals surface area contributed by atoms with E-state index in [0.29, 0.717) is 6.61 Å². The minimum absolute atomic E-state index is 0.0859. The van der Waals surface area contributed by atoms with E-state index < -0.39 is 0 Å². The molecule has 4 heteroatoms. The smallest absolute Gasteiger partial charge is 0.171 e. The van der Waals surface area contributed by atoms with E-state index in [0.717, 1.165) is 34.2 Å². The van der Waals surface area contributed by atoms with E-state index in [2.05, 4.69) is 24.0 Å². The van der Waals surface area contributed by atoms with Gasteiger partial charge in [0.1, 0.15) is 5.75 Å². The number of Topliss-reactive ketones (excluding diaryl/α,β-unsaturated/α-hetero) is 1. The molecule has 106 valence electrons. The number of ketones is 1. The number of thiazole rings is 1. The zero-order valence-electron chi connectivity index (χ0n) is 12.1. The summed E-state index contributed by atoms with van der Waals surface area (Å²) in [4.78, 5) is 16.6. The number of benzene rings is 1. The van der Waals surface area contributed by atoms with Crippen molar-refractivity contribution >= 4 is 17.1 Å². The van der Waals surface area contributed by atoms with Gasteiger partial charge in [-0.1, -0.05) is 19.1 Å². The number of aryl methyl sites for hydroxylation is 2. The second-order valence-corrected chi connectivity index (χ2v) is 5.76. The van der Waals surface area contributed by atoms with Gasteiger partial charge >= 0.3 is 0 Å². The van der Waals surface area contributed by atoms with Gasteiger partial charge in [0.05, 0.1) is 22.2 Å². The van der Waals surface area contributed by atoms with Gasteiger partial charge in [-0.15, -0.1) is 11.3 Å². The molecule has 0 saturated carbocycles. The monoisotopic (exact) mass is 289 g/mol. The van der Waals surface area contributed by atoms with Crippen LogP contribution in [0.4, 0.5) is 0 Å². The van der Waals surface area contributed by atoms with Gasteiger partial charge in [0.15, 0.2) is 5.78 Å². The van der Waals surface area contributed by atoms with E-state index in [9.17, 15) is 4.79 Å². The summed E-state index contributed by atoms with van der Waals surface area (Å²) in [5, 5.41) is 0.958. The summed E-state index contributed by atoms with van der Waals surface area (Å²) in [6.07, 6.45) is 1.74. The van der Waals surface area contributed by atoms with Gasteiger partial charge in [-0.25, -0.2) is 4.98 Å². The van der Waals surface area contributed by atoms with E-state index in [-0.39, 0.29) is 5.78 Å². The van der Waals surface area contributed by atoms with Crippen LogP contribution < -0.4 is 4.74 Å². The predicted molar refractivity (Wildman–Crippen MR) is 81.9 cm³/mol. The zero-order valence-corrected chi connectivity index (χ0v) is 12.9. The van der Waals surface area contributed by atoms with Gasteiger partial charge in [-0.3, -0.25) is 4.79 Å². The van der Waals surface area contributed by atoms with Crippen LogP contribution in [0.2, 0.25) is 0 Å². The normalized spacial score (nSPS) is 10.6.